The molecular formula is C47H83NO7. The molecule has 0 aromatic carbocycles. The van der Waals surface area contributed by atoms with Gasteiger partial charge in [-0.05, 0) is 97.7 Å². The smallest absolute Gasteiger partial charge is 0.305 e. The summed E-state index contributed by atoms with van der Waals surface area (Å²) in [5, 5.41) is 47.9. The van der Waals surface area contributed by atoms with Crippen LogP contribution >= 0.6 is 0 Å². The highest BCUT2D eigenvalue weighted by Gasteiger charge is 2.61. The van der Waals surface area contributed by atoms with Gasteiger partial charge in [0.2, 0.25) is 0 Å². The summed E-state index contributed by atoms with van der Waals surface area (Å²) in [6, 6.07) is -0.00849. The lowest BCUT2D eigenvalue weighted by molar-refractivity contribution is -0.241. The lowest BCUT2D eigenvalue weighted by Gasteiger charge is -2.60. The zero-order valence-electron chi connectivity index (χ0n) is 35.9. The summed E-state index contributed by atoms with van der Waals surface area (Å²) in [6.07, 6.45) is 21.0. The molecule has 318 valence electrons. The largest absolute Gasteiger partial charge is 0.463 e. The predicted molar refractivity (Wildman–Crippen MR) is 220 cm³/mol. The van der Waals surface area contributed by atoms with E-state index in [1.54, 1.807) is 0 Å². The Morgan fingerprint density at radius 3 is 2.16 bits per heavy atom. The Morgan fingerprint density at radius 2 is 1.49 bits per heavy atom. The van der Waals surface area contributed by atoms with Gasteiger partial charge in [0.1, 0.15) is 37.3 Å². The number of aliphatic hydroxyl groups excluding tert-OH is 4. The molecule has 0 bridgehead atoms. The summed E-state index contributed by atoms with van der Waals surface area (Å²) in [7, 11) is 0. The van der Waals surface area contributed by atoms with Gasteiger partial charge in [0, 0.05) is 12.5 Å². The summed E-state index contributed by atoms with van der Waals surface area (Å²) in [6.45, 7) is 14.2. The Morgan fingerprint density at radius 1 is 0.818 bits per heavy atom. The minimum atomic E-state index is -1.42. The van der Waals surface area contributed by atoms with Gasteiger partial charge < -0.3 is 29.9 Å². The molecule has 0 aromatic heterocycles. The number of carbonyl (C=O) groups excluding carboxylic acids is 1. The summed E-state index contributed by atoms with van der Waals surface area (Å²) in [4.78, 5) is 12.6. The number of ether oxygens (including phenoxy) is 2. The fourth-order valence-corrected chi connectivity index (χ4v) is 12.5. The molecule has 0 amide bonds. The van der Waals surface area contributed by atoms with E-state index in [4.69, 9.17) is 9.47 Å². The Bertz CT molecular complexity index is 1210. The predicted octanol–water partition coefficient (Wildman–Crippen LogP) is 9.01. The molecule has 1 heterocycles. The van der Waals surface area contributed by atoms with E-state index in [1.165, 1.54) is 102 Å². The van der Waals surface area contributed by atoms with Crippen LogP contribution in [0, 0.1) is 46.3 Å². The highest BCUT2D eigenvalue weighted by molar-refractivity contribution is 5.69. The first-order valence-electron chi connectivity index (χ1n) is 23.3. The molecule has 3 saturated carbocycles. The quantitative estimate of drug-likeness (QED) is 0.0445. The van der Waals surface area contributed by atoms with Crippen LogP contribution in [0.2, 0.25) is 0 Å². The van der Waals surface area contributed by atoms with Gasteiger partial charge in [0.15, 0.2) is 0 Å². The van der Waals surface area contributed by atoms with Crippen LogP contribution in [-0.2, 0) is 14.3 Å². The average molecular weight is 774 g/mol. The van der Waals surface area contributed by atoms with Crippen molar-refractivity contribution in [1.29, 1.82) is 0 Å². The van der Waals surface area contributed by atoms with E-state index < -0.39 is 36.7 Å². The zero-order chi connectivity index (χ0) is 39.8. The average Bonchev–Trinajstić information content (AvgIpc) is 3.51. The van der Waals surface area contributed by atoms with Crippen molar-refractivity contribution in [1.82, 2.24) is 5.32 Å². The van der Waals surface area contributed by atoms with Gasteiger partial charge in [-0.2, -0.15) is 0 Å². The SMILES string of the molecule is CCCCCCCCCCCCCC(=O)OC[C@H]1O[C@H](N[C@H]2CC[C@@]3(C)C(=C[C@H](O)[C@H]4[C@@H]5CC[C@H]([C@H](C)CCCC(C)C)[C@@]5(C)CC[C@@H]43)C2)[C@@H](O)[C@H](O)[C@@H]1O. The Kier molecular flexibility index (Phi) is 17.0. The van der Waals surface area contributed by atoms with Crippen LogP contribution in [0.4, 0.5) is 0 Å². The van der Waals surface area contributed by atoms with Crippen molar-refractivity contribution in [3.8, 4) is 0 Å². The summed E-state index contributed by atoms with van der Waals surface area (Å²) < 4.78 is 11.6. The van der Waals surface area contributed by atoms with E-state index in [2.05, 4.69) is 52.9 Å². The molecule has 5 N–H and O–H groups in total. The maximum Gasteiger partial charge on any atom is 0.305 e. The first-order chi connectivity index (χ1) is 26.3. The van der Waals surface area contributed by atoms with E-state index in [9.17, 15) is 25.2 Å². The van der Waals surface area contributed by atoms with Gasteiger partial charge in [-0.1, -0.05) is 137 Å². The van der Waals surface area contributed by atoms with E-state index >= 15 is 0 Å². The first-order valence-corrected chi connectivity index (χ1v) is 23.3. The maximum atomic E-state index is 12.6. The van der Waals surface area contributed by atoms with Crippen LogP contribution in [0.3, 0.4) is 0 Å². The monoisotopic (exact) mass is 774 g/mol. The van der Waals surface area contributed by atoms with Crippen molar-refractivity contribution >= 4 is 5.97 Å². The second-order valence-electron chi connectivity index (χ2n) is 20.1. The molecule has 8 nitrogen and oxygen atoms in total. The molecule has 5 aliphatic rings. The van der Waals surface area contributed by atoms with Gasteiger partial charge in [-0.25, -0.2) is 0 Å². The third-order valence-corrected chi connectivity index (χ3v) is 15.8. The number of carbonyl (C=O) groups is 1. The van der Waals surface area contributed by atoms with Gasteiger partial charge in [-0.3, -0.25) is 10.1 Å². The number of aliphatic hydroxyl groups is 4. The van der Waals surface area contributed by atoms with Crippen LogP contribution < -0.4 is 5.32 Å². The lowest BCUT2D eigenvalue weighted by atomic mass is 9.46. The number of hydrogen-bond donors (Lipinski definition) is 5. The van der Waals surface area contributed by atoms with Crippen LogP contribution in [0.5, 0.6) is 0 Å². The molecule has 0 spiro atoms. The van der Waals surface area contributed by atoms with Gasteiger partial charge in [0.05, 0.1) is 6.10 Å². The second-order valence-corrected chi connectivity index (χ2v) is 20.1. The van der Waals surface area contributed by atoms with Gasteiger partial charge >= 0.3 is 5.97 Å². The molecular weight excluding hydrogens is 691 g/mol. The zero-order valence-corrected chi connectivity index (χ0v) is 35.9. The molecule has 1 aliphatic heterocycles. The molecule has 0 unspecified atom stereocenters. The summed E-state index contributed by atoms with van der Waals surface area (Å²) >= 11 is 0. The highest BCUT2D eigenvalue weighted by Crippen LogP contribution is 2.67. The number of hydrogen-bond acceptors (Lipinski definition) is 8. The maximum absolute atomic E-state index is 12.6. The summed E-state index contributed by atoms with van der Waals surface area (Å²) in [5.41, 5.74) is 1.65. The van der Waals surface area contributed by atoms with Crippen LogP contribution in [0.25, 0.3) is 0 Å². The van der Waals surface area contributed by atoms with Gasteiger partial charge in [-0.15, -0.1) is 0 Å². The molecule has 0 radical (unpaired) electrons. The normalized spacial score (nSPS) is 39.3. The number of esters is 1. The fourth-order valence-electron chi connectivity index (χ4n) is 12.5. The second kappa shape index (κ2) is 20.8. The third-order valence-electron chi connectivity index (χ3n) is 15.8. The van der Waals surface area contributed by atoms with Crippen molar-refractivity contribution in [3.63, 3.8) is 0 Å². The molecule has 14 atom stereocenters. The molecule has 55 heavy (non-hydrogen) atoms. The van der Waals surface area contributed by atoms with E-state index in [-0.39, 0.29) is 24.0 Å². The fraction of sp³-hybridized carbons (Fsp3) is 0.936. The van der Waals surface area contributed by atoms with E-state index in [0.29, 0.717) is 29.6 Å². The number of rotatable bonds is 21. The van der Waals surface area contributed by atoms with Crippen molar-refractivity contribution in [2.75, 3.05) is 6.61 Å². The summed E-state index contributed by atoms with van der Waals surface area (Å²) in [5.74, 6) is 3.26. The van der Waals surface area contributed by atoms with Crippen molar-refractivity contribution in [2.24, 2.45) is 46.3 Å². The van der Waals surface area contributed by atoms with Crippen molar-refractivity contribution < 1.29 is 34.7 Å². The topological polar surface area (TPSA) is 128 Å². The molecule has 4 fully saturated rings. The molecule has 0 aromatic rings. The highest BCUT2D eigenvalue weighted by atomic mass is 16.6. The van der Waals surface area contributed by atoms with E-state index in [0.717, 1.165) is 56.3 Å². The number of nitrogens with one attached hydrogen (secondary N) is 1. The molecule has 4 aliphatic carbocycles. The van der Waals surface area contributed by atoms with Crippen molar-refractivity contribution in [2.45, 2.75) is 226 Å². The molecule has 1 saturated heterocycles. The van der Waals surface area contributed by atoms with Crippen LogP contribution in [-0.4, -0.2) is 75.8 Å². The standard InChI is InChI=1S/C47H83NO7/c1-7-8-9-10-11-12-13-14-15-16-17-21-40(50)54-30-39-42(51)43(52)44(53)45(55-39)48-34-24-26-46(5)33(28-34)29-38(49)41-36-23-22-35(32(4)20-18-19-31(2)3)47(36,6)27-25-37(41)46/h29,31-32,34-39,41-45,48-49,51-53H,7-28,30H2,1-6H3/t32-,34+,35-,36+,37+,38+,39-,41+,42-,43-,44+,45+,46+,47-/m1/s1. The Balaban J connectivity index is 1.09. The molecule has 8 heteroatoms. The minimum absolute atomic E-state index is 0.00849. The van der Waals surface area contributed by atoms with Crippen molar-refractivity contribution in [3.05, 3.63) is 11.6 Å². The Labute approximate surface area is 335 Å². The number of unbranched alkanes of at least 4 members (excludes halogenated alkanes) is 10. The molecule has 5 rings (SSSR count). The third kappa shape index (κ3) is 11.0. The number of fused-ring (bicyclic) bond motifs is 5. The van der Waals surface area contributed by atoms with Gasteiger partial charge in [0.25, 0.3) is 0 Å². The van der Waals surface area contributed by atoms with Crippen LogP contribution in [0.1, 0.15) is 183 Å². The van der Waals surface area contributed by atoms with E-state index in [1.807, 2.05) is 0 Å². The first kappa shape index (κ1) is 45.1. The van der Waals surface area contributed by atoms with Crippen LogP contribution in [0.15, 0.2) is 11.6 Å². The Hall–Kier alpha value is -1.03. The minimum Gasteiger partial charge on any atom is -0.463 e. The lowest BCUT2D eigenvalue weighted by Crippen LogP contribution is -2.64.